The van der Waals surface area contributed by atoms with Crippen LogP contribution in [0.1, 0.15) is 44.8 Å². The number of halogens is 1. The maximum absolute atomic E-state index is 4.35. The number of nitrogens with zero attached hydrogens (tertiary/aromatic N) is 3. The smallest absolute Gasteiger partial charge is 0.0711 e. The second kappa shape index (κ2) is 5.94. The highest BCUT2D eigenvalue weighted by Crippen LogP contribution is 2.35. The quantitative estimate of drug-likeness (QED) is 0.922. The Morgan fingerprint density at radius 1 is 1.32 bits per heavy atom. The summed E-state index contributed by atoms with van der Waals surface area (Å²) in [5, 5.41) is 7.85. The topological polar surface area (TPSA) is 33.1 Å². The molecule has 0 saturated carbocycles. The van der Waals surface area contributed by atoms with E-state index in [9.17, 15) is 0 Å². The average molecular weight is 329 g/mol. The van der Waals surface area contributed by atoms with E-state index in [0.29, 0.717) is 0 Å². The van der Waals surface area contributed by atoms with Gasteiger partial charge in [-0.15, -0.1) is 0 Å². The number of hydrogen-bond donors (Lipinski definition) is 1. The van der Waals surface area contributed by atoms with Gasteiger partial charge in [-0.25, -0.2) is 0 Å². The normalized spacial score (nSPS) is 19.6. The third kappa shape index (κ3) is 2.88. The number of likely N-dealkylation sites (N-methyl/N-ethyl adjacent to an activating group) is 1. The van der Waals surface area contributed by atoms with Crippen molar-refractivity contribution in [2.24, 2.45) is 7.05 Å². The van der Waals surface area contributed by atoms with Crippen molar-refractivity contribution in [2.75, 3.05) is 20.1 Å². The van der Waals surface area contributed by atoms with Gasteiger partial charge in [-0.05, 0) is 62.8 Å². The predicted octanol–water partition coefficient (Wildman–Crippen LogP) is 2.71. The lowest BCUT2D eigenvalue weighted by molar-refractivity contribution is 0.0605. The van der Waals surface area contributed by atoms with E-state index in [0.717, 1.165) is 4.47 Å². The van der Waals surface area contributed by atoms with Gasteiger partial charge >= 0.3 is 0 Å². The zero-order valence-electron chi connectivity index (χ0n) is 12.4. The SMILES string of the molecule is CNC(c1c(Br)cnn1C)C(C)(C)N1CCCCC1. The van der Waals surface area contributed by atoms with Crippen molar-refractivity contribution in [1.29, 1.82) is 0 Å². The van der Waals surface area contributed by atoms with Gasteiger partial charge in [-0.3, -0.25) is 9.58 Å². The van der Waals surface area contributed by atoms with Crippen LogP contribution < -0.4 is 5.32 Å². The van der Waals surface area contributed by atoms with Gasteiger partial charge in [0, 0.05) is 12.6 Å². The van der Waals surface area contributed by atoms with Crippen molar-refractivity contribution in [2.45, 2.75) is 44.7 Å². The molecule has 0 bridgehead atoms. The van der Waals surface area contributed by atoms with Crippen LogP contribution in [0.4, 0.5) is 0 Å². The lowest BCUT2D eigenvalue weighted by Crippen LogP contribution is -2.54. The molecule has 4 nitrogen and oxygen atoms in total. The molecule has 0 amide bonds. The van der Waals surface area contributed by atoms with Crippen LogP contribution in [0.3, 0.4) is 0 Å². The van der Waals surface area contributed by atoms with Gasteiger partial charge in [0.1, 0.15) is 0 Å². The molecule has 1 atom stereocenters. The molecule has 0 aliphatic carbocycles. The van der Waals surface area contributed by atoms with E-state index in [-0.39, 0.29) is 11.6 Å². The van der Waals surface area contributed by atoms with E-state index < -0.39 is 0 Å². The molecular weight excluding hydrogens is 304 g/mol. The first kappa shape index (κ1) is 15.0. The van der Waals surface area contributed by atoms with E-state index in [1.54, 1.807) is 0 Å². The van der Waals surface area contributed by atoms with Gasteiger partial charge in [0.05, 0.1) is 22.4 Å². The molecule has 5 heteroatoms. The first-order valence-corrected chi connectivity index (χ1v) is 7.87. The number of nitrogens with one attached hydrogen (secondary N) is 1. The zero-order chi connectivity index (χ0) is 14.0. The van der Waals surface area contributed by atoms with Crippen LogP contribution in [0.5, 0.6) is 0 Å². The molecule has 1 aliphatic heterocycles. The van der Waals surface area contributed by atoms with Crippen LogP contribution in [-0.2, 0) is 7.05 Å². The Hall–Kier alpha value is -0.390. The van der Waals surface area contributed by atoms with Gasteiger partial charge in [0.2, 0.25) is 0 Å². The van der Waals surface area contributed by atoms with Crippen LogP contribution in [-0.4, -0.2) is 40.4 Å². The number of likely N-dealkylation sites (tertiary alicyclic amines) is 1. The number of aromatic nitrogens is 2. The Kier molecular flexibility index (Phi) is 4.69. The van der Waals surface area contributed by atoms with Crippen molar-refractivity contribution in [3.8, 4) is 0 Å². The summed E-state index contributed by atoms with van der Waals surface area (Å²) in [6.07, 6.45) is 5.87. The molecule has 1 saturated heterocycles. The molecule has 2 rings (SSSR count). The maximum Gasteiger partial charge on any atom is 0.0711 e. The fraction of sp³-hybridized carbons (Fsp3) is 0.786. The molecule has 1 aliphatic rings. The molecular formula is C14H25BrN4. The van der Waals surface area contributed by atoms with Gasteiger partial charge in [-0.2, -0.15) is 5.10 Å². The minimum atomic E-state index is 0.0749. The minimum absolute atomic E-state index is 0.0749. The van der Waals surface area contributed by atoms with E-state index >= 15 is 0 Å². The summed E-state index contributed by atoms with van der Waals surface area (Å²) in [6, 6.07) is 0.257. The Bertz CT molecular complexity index is 402. The van der Waals surface area contributed by atoms with Crippen LogP contribution >= 0.6 is 15.9 Å². The number of hydrogen-bond acceptors (Lipinski definition) is 3. The van der Waals surface area contributed by atoms with Crippen molar-refractivity contribution in [1.82, 2.24) is 20.0 Å². The van der Waals surface area contributed by atoms with Gasteiger partial charge < -0.3 is 5.32 Å². The van der Waals surface area contributed by atoms with Gasteiger partial charge in [-0.1, -0.05) is 6.42 Å². The molecule has 1 N–H and O–H groups in total. The monoisotopic (exact) mass is 328 g/mol. The zero-order valence-corrected chi connectivity index (χ0v) is 14.0. The highest BCUT2D eigenvalue weighted by Gasteiger charge is 2.38. The van der Waals surface area contributed by atoms with E-state index in [4.69, 9.17) is 0 Å². The second-order valence-corrected chi connectivity index (χ2v) is 6.78. The van der Waals surface area contributed by atoms with Crippen molar-refractivity contribution in [3.63, 3.8) is 0 Å². The molecule has 1 unspecified atom stereocenters. The summed E-state index contributed by atoms with van der Waals surface area (Å²) < 4.78 is 3.05. The van der Waals surface area contributed by atoms with Gasteiger partial charge in [0.25, 0.3) is 0 Å². The van der Waals surface area contributed by atoms with Crippen molar-refractivity contribution < 1.29 is 0 Å². The Balaban J connectivity index is 2.29. The third-order valence-corrected chi connectivity index (χ3v) is 4.99. The molecule has 0 spiro atoms. The standard InChI is InChI=1S/C14H25BrN4/c1-14(2,19-8-6-5-7-9-19)13(16-3)12-11(15)10-17-18(12)4/h10,13,16H,5-9H2,1-4H3. The summed E-state index contributed by atoms with van der Waals surface area (Å²) in [5.41, 5.74) is 1.30. The Morgan fingerprint density at radius 2 is 1.95 bits per heavy atom. The Morgan fingerprint density at radius 3 is 2.42 bits per heavy atom. The Labute approximate surface area is 124 Å². The largest absolute Gasteiger partial charge is 0.310 e. The molecule has 1 aromatic heterocycles. The van der Waals surface area contributed by atoms with E-state index in [2.05, 4.69) is 45.1 Å². The maximum atomic E-state index is 4.35. The van der Waals surface area contributed by atoms with Crippen LogP contribution in [0.2, 0.25) is 0 Å². The van der Waals surface area contributed by atoms with Crippen molar-refractivity contribution in [3.05, 3.63) is 16.4 Å². The summed E-state index contributed by atoms with van der Waals surface area (Å²) >= 11 is 3.63. The van der Waals surface area contributed by atoms with Crippen LogP contribution in [0.15, 0.2) is 10.7 Å². The van der Waals surface area contributed by atoms with Crippen LogP contribution in [0.25, 0.3) is 0 Å². The molecule has 0 aromatic carbocycles. The fourth-order valence-electron chi connectivity index (χ4n) is 3.22. The molecule has 0 radical (unpaired) electrons. The highest BCUT2D eigenvalue weighted by molar-refractivity contribution is 9.10. The fourth-order valence-corrected chi connectivity index (χ4v) is 3.80. The molecule has 2 heterocycles. The summed E-state index contributed by atoms with van der Waals surface area (Å²) in [6.45, 7) is 7.05. The third-order valence-electron chi connectivity index (χ3n) is 4.38. The average Bonchev–Trinajstić information content (AvgIpc) is 2.72. The first-order valence-electron chi connectivity index (χ1n) is 7.08. The van der Waals surface area contributed by atoms with Crippen LogP contribution in [0, 0.1) is 0 Å². The predicted molar refractivity (Wildman–Crippen MR) is 82.2 cm³/mol. The lowest BCUT2D eigenvalue weighted by atomic mass is 9.88. The molecule has 1 fully saturated rings. The summed E-state index contributed by atoms with van der Waals surface area (Å²) in [4.78, 5) is 2.61. The number of rotatable bonds is 4. The van der Waals surface area contributed by atoms with E-state index in [1.807, 2.05) is 25.0 Å². The first-order chi connectivity index (χ1) is 8.98. The highest BCUT2D eigenvalue weighted by atomic mass is 79.9. The number of piperidine rings is 1. The molecule has 1 aromatic rings. The number of aryl methyl sites for hydroxylation is 1. The molecule has 19 heavy (non-hydrogen) atoms. The van der Waals surface area contributed by atoms with E-state index in [1.165, 1.54) is 38.0 Å². The van der Waals surface area contributed by atoms with Gasteiger partial charge in [0.15, 0.2) is 0 Å². The summed E-state index contributed by atoms with van der Waals surface area (Å²) in [7, 11) is 4.05. The van der Waals surface area contributed by atoms with Crippen molar-refractivity contribution >= 4 is 15.9 Å². The molecule has 108 valence electrons. The summed E-state index contributed by atoms with van der Waals surface area (Å²) in [5.74, 6) is 0. The minimum Gasteiger partial charge on any atom is -0.310 e. The second-order valence-electron chi connectivity index (χ2n) is 5.92. The lowest BCUT2D eigenvalue weighted by Gasteiger charge is -2.46.